The van der Waals surface area contributed by atoms with Gasteiger partial charge in [0, 0.05) is 36.5 Å². The number of hydrogen-bond acceptors (Lipinski definition) is 6. The Bertz CT molecular complexity index is 1190. The molecule has 0 bridgehead atoms. The minimum Gasteiger partial charge on any atom is -0.371 e. The summed E-state index contributed by atoms with van der Waals surface area (Å²) < 4.78 is 1.66. The van der Waals surface area contributed by atoms with Gasteiger partial charge in [-0.3, -0.25) is 9.59 Å². The molecule has 0 saturated carbocycles. The highest BCUT2D eigenvalue weighted by Gasteiger charge is 2.31. The summed E-state index contributed by atoms with van der Waals surface area (Å²) in [6.07, 6.45) is 3.95. The topological polar surface area (TPSA) is 83.4 Å². The first kappa shape index (κ1) is 22.5. The molecule has 5 rings (SSSR count). The monoisotopic (exact) mass is 476 g/mol. The van der Waals surface area contributed by atoms with Gasteiger partial charge in [0.05, 0.1) is 11.7 Å². The second kappa shape index (κ2) is 9.50. The highest BCUT2D eigenvalue weighted by Crippen LogP contribution is 2.37. The minimum absolute atomic E-state index is 0.0568. The first-order chi connectivity index (χ1) is 16.5. The molecule has 0 radical (unpaired) electrons. The number of fused-ring (bicyclic) bond motifs is 1. The summed E-state index contributed by atoms with van der Waals surface area (Å²) in [6.45, 7) is 4.09. The Labute approximate surface area is 203 Å². The number of rotatable bonds is 5. The van der Waals surface area contributed by atoms with Gasteiger partial charge in [0.2, 0.25) is 11.7 Å². The summed E-state index contributed by atoms with van der Waals surface area (Å²) in [5, 5.41) is 7.22. The fourth-order valence-electron chi connectivity index (χ4n) is 4.43. The van der Waals surface area contributed by atoms with E-state index in [-0.39, 0.29) is 17.8 Å². The van der Waals surface area contributed by atoms with E-state index in [0.717, 1.165) is 34.9 Å². The molecule has 0 unspecified atom stereocenters. The number of thioether (sulfide) groups is 1. The number of anilines is 2. The predicted molar refractivity (Wildman–Crippen MR) is 134 cm³/mol. The molecule has 3 heterocycles. The normalized spacial score (nSPS) is 19.0. The smallest absolute Gasteiger partial charge is 0.291 e. The zero-order valence-corrected chi connectivity index (χ0v) is 20.2. The summed E-state index contributed by atoms with van der Waals surface area (Å²) >= 11 is 1.58. The van der Waals surface area contributed by atoms with E-state index < -0.39 is 11.9 Å². The summed E-state index contributed by atoms with van der Waals surface area (Å²) in [4.78, 5) is 35.4. The Kier molecular flexibility index (Phi) is 6.28. The fourth-order valence-corrected chi connectivity index (χ4v) is 5.51. The molecular formula is C25H28N6O2S. The van der Waals surface area contributed by atoms with Crippen molar-refractivity contribution < 1.29 is 9.59 Å². The lowest BCUT2D eigenvalue weighted by molar-refractivity contribution is -0.119. The van der Waals surface area contributed by atoms with Crippen LogP contribution >= 0.6 is 11.8 Å². The quantitative estimate of drug-likeness (QED) is 0.608. The molecule has 1 fully saturated rings. The molecule has 34 heavy (non-hydrogen) atoms. The first-order valence-electron chi connectivity index (χ1n) is 11.6. The van der Waals surface area contributed by atoms with Crippen LogP contribution < -0.4 is 15.1 Å². The summed E-state index contributed by atoms with van der Waals surface area (Å²) in [5.41, 5.74) is 3.10. The molecule has 2 amide bonds. The molecule has 2 atom stereocenters. The molecule has 9 heteroatoms. The maximum Gasteiger partial charge on any atom is 0.291 e. The van der Waals surface area contributed by atoms with Gasteiger partial charge in [-0.2, -0.15) is 0 Å². The number of benzene rings is 2. The lowest BCUT2D eigenvalue weighted by atomic mass is 10.1. The van der Waals surface area contributed by atoms with Crippen LogP contribution in [0.15, 0.2) is 59.8 Å². The second-order valence-corrected chi connectivity index (χ2v) is 9.78. The zero-order valence-electron chi connectivity index (χ0n) is 19.3. The first-order valence-corrected chi connectivity index (χ1v) is 12.6. The van der Waals surface area contributed by atoms with Crippen molar-refractivity contribution in [2.45, 2.75) is 36.7 Å². The molecule has 0 spiro atoms. The van der Waals surface area contributed by atoms with Gasteiger partial charge < -0.3 is 15.1 Å². The Hall–Kier alpha value is -3.33. The van der Waals surface area contributed by atoms with Gasteiger partial charge in [0.25, 0.3) is 5.91 Å². The average molecular weight is 477 g/mol. The molecule has 0 aliphatic carbocycles. The molecule has 2 aliphatic heterocycles. The highest BCUT2D eigenvalue weighted by molar-refractivity contribution is 7.99. The highest BCUT2D eigenvalue weighted by atomic mass is 32.2. The third-order valence-electron chi connectivity index (χ3n) is 6.50. The molecule has 1 saturated heterocycles. The Morgan fingerprint density at radius 1 is 1.15 bits per heavy atom. The third kappa shape index (κ3) is 4.40. The van der Waals surface area contributed by atoms with Crippen LogP contribution in [0.25, 0.3) is 0 Å². The van der Waals surface area contributed by atoms with Crippen molar-refractivity contribution in [2.24, 2.45) is 0 Å². The van der Waals surface area contributed by atoms with E-state index in [1.54, 1.807) is 34.7 Å². The Balaban J connectivity index is 1.29. The van der Waals surface area contributed by atoms with Crippen LogP contribution in [0.1, 0.15) is 42.0 Å². The van der Waals surface area contributed by atoms with Gasteiger partial charge in [-0.15, -0.1) is 16.9 Å². The van der Waals surface area contributed by atoms with Crippen LogP contribution in [0.3, 0.4) is 0 Å². The summed E-state index contributed by atoms with van der Waals surface area (Å²) in [5.74, 6) is -0.0850. The Morgan fingerprint density at radius 2 is 1.91 bits per heavy atom. The minimum atomic E-state index is -0.663. The van der Waals surface area contributed by atoms with Gasteiger partial charge in [-0.05, 0) is 43.5 Å². The lowest BCUT2D eigenvalue weighted by Crippen LogP contribution is -2.48. The number of nitrogens with zero attached hydrogens (tertiary/aromatic N) is 5. The molecule has 176 valence electrons. The number of likely N-dealkylation sites (N-methyl/N-ethyl adjacent to an activating group) is 1. The van der Waals surface area contributed by atoms with Crippen molar-refractivity contribution in [3.05, 3.63) is 66.2 Å². The van der Waals surface area contributed by atoms with Gasteiger partial charge in [-0.1, -0.05) is 30.3 Å². The maximum atomic E-state index is 13.2. The molecule has 2 aromatic carbocycles. The molecular weight excluding hydrogens is 448 g/mol. The number of hydrogen-bond donors (Lipinski definition) is 1. The zero-order chi connectivity index (χ0) is 23.7. The van der Waals surface area contributed by atoms with E-state index in [1.165, 1.54) is 12.8 Å². The van der Waals surface area contributed by atoms with Crippen LogP contribution in [0.4, 0.5) is 11.4 Å². The van der Waals surface area contributed by atoms with Gasteiger partial charge >= 0.3 is 0 Å². The van der Waals surface area contributed by atoms with Crippen molar-refractivity contribution in [3.8, 4) is 0 Å². The molecule has 1 aromatic heterocycles. The maximum absolute atomic E-state index is 13.2. The number of aromatic nitrogens is 3. The second-order valence-electron chi connectivity index (χ2n) is 8.72. The van der Waals surface area contributed by atoms with E-state index in [2.05, 4.69) is 38.5 Å². The van der Waals surface area contributed by atoms with Gasteiger partial charge in [0.1, 0.15) is 12.4 Å². The van der Waals surface area contributed by atoms with Crippen molar-refractivity contribution >= 4 is 35.0 Å². The lowest BCUT2D eigenvalue weighted by Gasteiger charge is -2.24. The Morgan fingerprint density at radius 3 is 2.68 bits per heavy atom. The van der Waals surface area contributed by atoms with Crippen LogP contribution in [-0.4, -0.2) is 58.5 Å². The van der Waals surface area contributed by atoms with E-state index in [0.29, 0.717) is 5.75 Å². The predicted octanol–water partition coefficient (Wildman–Crippen LogP) is 3.35. The third-order valence-corrected chi connectivity index (χ3v) is 7.66. The molecule has 2 aliphatic rings. The summed E-state index contributed by atoms with van der Waals surface area (Å²) in [6, 6.07) is 15.5. The van der Waals surface area contributed by atoms with Crippen molar-refractivity contribution in [3.63, 3.8) is 0 Å². The fraction of sp³-hybridized carbons (Fsp3) is 0.360. The van der Waals surface area contributed by atoms with Crippen molar-refractivity contribution in [1.29, 1.82) is 0 Å². The largest absolute Gasteiger partial charge is 0.371 e. The average Bonchev–Trinajstić information content (AvgIpc) is 3.57. The van der Waals surface area contributed by atoms with Crippen LogP contribution in [0.2, 0.25) is 0 Å². The van der Waals surface area contributed by atoms with E-state index in [4.69, 9.17) is 0 Å². The number of nitrogens with one attached hydrogen (secondary N) is 1. The molecule has 3 aromatic rings. The van der Waals surface area contributed by atoms with Crippen molar-refractivity contribution in [1.82, 2.24) is 20.1 Å². The summed E-state index contributed by atoms with van der Waals surface area (Å²) in [7, 11) is 1.77. The van der Waals surface area contributed by atoms with E-state index >= 15 is 0 Å². The molecule has 8 nitrogen and oxygen atoms in total. The number of amides is 2. The van der Waals surface area contributed by atoms with Crippen LogP contribution in [0, 0.1) is 0 Å². The van der Waals surface area contributed by atoms with E-state index in [1.807, 2.05) is 37.3 Å². The standard InChI is InChI=1S/C25H28N6O2S/c1-17(18-8-4-3-5-9-18)31-16-26-23(28-31)24(32)27-20-15-34-22-11-10-19(30-12-6-7-13-30)14-21(22)29(2)25(20)33/h3-5,8-11,14,16-17,20H,6-7,12-13,15H2,1-2H3,(H,27,32)/t17-,20+/m1/s1. The number of carbonyl (C=O) groups is 2. The molecule has 1 N–H and O–H groups in total. The van der Waals surface area contributed by atoms with Crippen molar-refractivity contribution in [2.75, 3.05) is 35.7 Å². The van der Waals surface area contributed by atoms with Crippen LogP contribution in [0.5, 0.6) is 0 Å². The van der Waals surface area contributed by atoms with Gasteiger partial charge in [-0.25, -0.2) is 9.67 Å². The SMILES string of the molecule is C[C@H](c1ccccc1)n1cnc(C(=O)N[C@H]2CSc3ccc(N4CCCC4)cc3N(C)C2=O)n1. The number of carbonyl (C=O) groups excluding carboxylic acids is 2. The van der Waals surface area contributed by atoms with Crippen LogP contribution in [-0.2, 0) is 4.79 Å². The van der Waals surface area contributed by atoms with Gasteiger partial charge in [0.15, 0.2) is 0 Å². The van der Waals surface area contributed by atoms with E-state index in [9.17, 15) is 9.59 Å².